The van der Waals surface area contributed by atoms with Crippen LogP contribution in [0, 0.1) is 11.8 Å². The summed E-state index contributed by atoms with van der Waals surface area (Å²) in [5, 5.41) is 4.18. The van der Waals surface area contributed by atoms with Crippen LogP contribution in [0.15, 0.2) is 59.7 Å². The van der Waals surface area contributed by atoms with Crippen LogP contribution in [0.4, 0.5) is 0 Å². The topological polar surface area (TPSA) is 86.3 Å². The Hall–Kier alpha value is -3.54. The van der Waals surface area contributed by atoms with E-state index in [9.17, 15) is 9.59 Å². The number of carbonyl (C=O) groups is 2. The zero-order valence-corrected chi connectivity index (χ0v) is 21.5. The Balaban J connectivity index is 1.57. The van der Waals surface area contributed by atoms with E-state index in [-0.39, 0.29) is 29.6 Å². The fourth-order valence-electron chi connectivity index (χ4n) is 6.92. The molecule has 0 spiro atoms. The van der Waals surface area contributed by atoms with E-state index in [1.165, 1.54) is 37.7 Å². The van der Waals surface area contributed by atoms with Crippen LogP contribution in [0.25, 0.3) is 17.1 Å². The number of nitrogens with zero attached hydrogens (tertiary/aromatic N) is 1. The lowest BCUT2D eigenvalue weighted by atomic mass is 9.76. The van der Waals surface area contributed by atoms with E-state index in [4.69, 9.17) is 10.5 Å². The van der Waals surface area contributed by atoms with Gasteiger partial charge in [-0.2, -0.15) is 0 Å². The van der Waals surface area contributed by atoms with E-state index in [2.05, 4.69) is 53.0 Å². The molecule has 3 aliphatic carbocycles. The van der Waals surface area contributed by atoms with E-state index in [0.717, 1.165) is 45.5 Å². The summed E-state index contributed by atoms with van der Waals surface area (Å²) in [6, 6.07) is 6.53. The van der Waals surface area contributed by atoms with Gasteiger partial charge in [-0.1, -0.05) is 43.6 Å². The molecule has 1 aliphatic heterocycles. The largest absolute Gasteiger partial charge is 0.496 e. The third kappa shape index (κ3) is 3.85. The van der Waals surface area contributed by atoms with Crippen molar-refractivity contribution in [3.63, 3.8) is 0 Å². The molecule has 2 aromatic rings. The van der Waals surface area contributed by atoms with Crippen LogP contribution in [-0.4, -0.2) is 30.0 Å². The van der Waals surface area contributed by atoms with Gasteiger partial charge in [0.05, 0.1) is 24.5 Å². The predicted molar refractivity (Wildman–Crippen MR) is 146 cm³/mol. The van der Waals surface area contributed by atoms with Gasteiger partial charge < -0.3 is 20.4 Å². The highest BCUT2D eigenvalue weighted by molar-refractivity contribution is 5.99. The zero-order valence-electron chi connectivity index (χ0n) is 21.5. The number of methoxy groups -OCH3 is 1. The number of amides is 2. The van der Waals surface area contributed by atoms with Gasteiger partial charge in [-0.3, -0.25) is 9.59 Å². The number of nitrogens with one attached hydrogen (secondary N) is 1. The number of hydrogen-bond donors (Lipinski definition) is 2. The molecule has 3 atom stereocenters. The maximum absolute atomic E-state index is 13.5. The van der Waals surface area contributed by atoms with Crippen molar-refractivity contribution in [1.82, 2.24) is 9.88 Å². The summed E-state index contributed by atoms with van der Waals surface area (Å²) in [6.45, 7) is 4.34. The third-order valence-electron chi connectivity index (χ3n) is 8.70. The van der Waals surface area contributed by atoms with Gasteiger partial charge in [-0.15, -0.1) is 6.58 Å². The molecule has 2 heterocycles. The molecule has 0 bridgehead atoms. The number of allylic oxidation sites excluding steroid dienone is 3. The second-order valence-corrected chi connectivity index (χ2v) is 10.8. The molecule has 37 heavy (non-hydrogen) atoms. The van der Waals surface area contributed by atoms with Crippen LogP contribution >= 0.6 is 0 Å². The summed E-state index contributed by atoms with van der Waals surface area (Å²) in [6.07, 6.45) is 15.6. The average Bonchev–Trinajstić information content (AvgIpc) is 3.55. The molecule has 1 aromatic heterocycles. The molecule has 3 N–H and O–H groups in total. The van der Waals surface area contributed by atoms with Crippen molar-refractivity contribution in [3.05, 3.63) is 71.0 Å². The highest BCUT2D eigenvalue weighted by Gasteiger charge is 2.50. The molecular weight excluding hydrogens is 462 g/mol. The van der Waals surface area contributed by atoms with Gasteiger partial charge in [0.25, 0.3) is 0 Å². The van der Waals surface area contributed by atoms with Gasteiger partial charge in [0, 0.05) is 29.7 Å². The van der Waals surface area contributed by atoms with Crippen molar-refractivity contribution in [3.8, 4) is 5.75 Å². The molecule has 6 nitrogen and oxygen atoms in total. The van der Waals surface area contributed by atoms with Crippen LogP contribution in [0.2, 0.25) is 0 Å². The summed E-state index contributed by atoms with van der Waals surface area (Å²) in [5.74, 6) is 0.197. The first-order valence-electron chi connectivity index (χ1n) is 13.6. The number of carbonyl (C=O) groups excluding carboxylic acids is 2. The van der Waals surface area contributed by atoms with Gasteiger partial charge >= 0.3 is 0 Å². The molecule has 6 heteroatoms. The summed E-state index contributed by atoms with van der Waals surface area (Å²) in [7, 11) is 1.71. The summed E-state index contributed by atoms with van der Waals surface area (Å²) >= 11 is 0. The molecule has 0 saturated heterocycles. The standard InChI is InChI=1S/C31H35N3O3/c1-3-4-15-33-31(36)21-12-8-11-20-26(21)24-16-22-25(37-2)14-13-19(18-9-6-5-7-10-18)29(22)34(24)17-23-27(20)28(23)30(32)35/h3,8,11,13-14,16-18,21,26,28H,1,4-7,9-10,12,15H2,2H3,(H2,32,35)(H,33,36)/t21-,26?,28?/m1/s1. The van der Waals surface area contributed by atoms with Crippen molar-refractivity contribution >= 4 is 28.9 Å². The molecule has 192 valence electrons. The van der Waals surface area contributed by atoms with Crippen LogP contribution in [0.3, 0.4) is 0 Å². The summed E-state index contributed by atoms with van der Waals surface area (Å²) < 4.78 is 8.09. The Kier molecular flexibility index (Phi) is 6.06. The Morgan fingerprint density at radius 1 is 1.24 bits per heavy atom. The monoisotopic (exact) mass is 497 g/mol. The number of ether oxygens (including phenoxy) is 1. The lowest BCUT2D eigenvalue weighted by molar-refractivity contribution is -0.125. The van der Waals surface area contributed by atoms with Crippen molar-refractivity contribution in [2.45, 2.75) is 56.8 Å². The van der Waals surface area contributed by atoms with E-state index < -0.39 is 0 Å². The van der Waals surface area contributed by atoms with Crippen molar-refractivity contribution in [2.75, 3.05) is 13.7 Å². The maximum Gasteiger partial charge on any atom is 0.229 e. The van der Waals surface area contributed by atoms with Gasteiger partial charge in [-0.25, -0.2) is 0 Å². The molecular formula is C31H35N3O3. The van der Waals surface area contributed by atoms with Crippen molar-refractivity contribution < 1.29 is 14.3 Å². The van der Waals surface area contributed by atoms with Gasteiger partial charge in [0.15, 0.2) is 0 Å². The van der Waals surface area contributed by atoms with Gasteiger partial charge in [-0.05, 0) is 66.0 Å². The minimum absolute atomic E-state index is 0.0327. The number of primary amides is 1. The molecule has 2 amide bonds. The number of hydrogen-bond acceptors (Lipinski definition) is 3. The first kappa shape index (κ1) is 23.8. The second kappa shape index (κ2) is 9.40. The first-order chi connectivity index (χ1) is 18.0. The average molecular weight is 498 g/mol. The van der Waals surface area contributed by atoms with Gasteiger partial charge in [0.1, 0.15) is 5.75 Å². The molecule has 0 radical (unpaired) electrons. The lowest BCUT2D eigenvalue weighted by Gasteiger charge is -2.30. The second-order valence-electron chi connectivity index (χ2n) is 10.8. The Bertz CT molecular complexity index is 1390. The minimum atomic E-state index is -0.390. The van der Waals surface area contributed by atoms with Crippen LogP contribution in [-0.2, 0) is 9.59 Å². The Labute approximate surface area is 217 Å². The highest BCUT2D eigenvalue weighted by atomic mass is 16.5. The Morgan fingerprint density at radius 3 is 2.78 bits per heavy atom. The van der Waals surface area contributed by atoms with Crippen LogP contribution < -0.4 is 15.8 Å². The zero-order chi connectivity index (χ0) is 25.7. The predicted octanol–water partition coefficient (Wildman–Crippen LogP) is 5.32. The molecule has 1 aromatic carbocycles. The van der Waals surface area contributed by atoms with Crippen LogP contribution in [0.5, 0.6) is 5.75 Å². The number of benzene rings is 1. The van der Waals surface area contributed by atoms with E-state index in [1.807, 2.05) is 6.08 Å². The molecule has 2 unspecified atom stereocenters. The molecule has 2 fully saturated rings. The number of rotatable bonds is 7. The summed E-state index contributed by atoms with van der Waals surface area (Å²) in [4.78, 5) is 25.9. The minimum Gasteiger partial charge on any atom is -0.496 e. The molecule has 6 rings (SSSR count). The number of aromatic nitrogens is 1. The fraction of sp³-hybridized carbons (Fsp3) is 0.419. The summed E-state index contributed by atoms with van der Waals surface area (Å²) in [5.41, 5.74) is 12.4. The maximum atomic E-state index is 13.5. The van der Waals surface area contributed by atoms with Gasteiger partial charge in [0.2, 0.25) is 11.8 Å². The smallest absolute Gasteiger partial charge is 0.229 e. The lowest BCUT2D eigenvalue weighted by Crippen LogP contribution is -2.36. The first-order valence-corrected chi connectivity index (χ1v) is 13.6. The van der Waals surface area contributed by atoms with Crippen molar-refractivity contribution in [1.29, 1.82) is 0 Å². The fourth-order valence-corrected chi connectivity index (χ4v) is 6.92. The number of fused-ring (bicyclic) bond motifs is 6. The van der Waals surface area contributed by atoms with E-state index in [0.29, 0.717) is 18.9 Å². The number of nitrogens with two attached hydrogens (primary N) is 1. The normalized spacial score (nSPS) is 24.5. The molecule has 4 aliphatic rings. The quantitative estimate of drug-likeness (QED) is 0.401. The van der Waals surface area contributed by atoms with Crippen molar-refractivity contribution in [2.24, 2.45) is 17.6 Å². The van der Waals surface area contributed by atoms with Crippen LogP contribution in [0.1, 0.15) is 68.0 Å². The SMILES string of the molecule is C=CCCNC(=O)[C@@H]1CC=CC2=C3C(=Cn4c(cc5c(OC)ccc(C6CCCCC6)c54)C21)C3C(N)=O. The Morgan fingerprint density at radius 2 is 2.05 bits per heavy atom. The van der Waals surface area contributed by atoms with E-state index in [1.54, 1.807) is 7.11 Å². The molecule has 2 saturated carbocycles. The van der Waals surface area contributed by atoms with E-state index >= 15 is 0 Å². The third-order valence-corrected chi connectivity index (χ3v) is 8.70. The highest BCUT2D eigenvalue weighted by Crippen LogP contribution is 2.57.